The molecule has 13 heteroatoms. The second-order valence-corrected chi connectivity index (χ2v) is 7.14. The van der Waals surface area contributed by atoms with Gasteiger partial charge in [-0.2, -0.15) is 31.4 Å². The van der Waals surface area contributed by atoms with E-state index in [-0.39, 0.29) is 5.82 Å². The Morgan fingerprint density at radius 3 is 2.35 bits per heavy atom. The van der Waals surface area contributed by atoms with E-state index in [4.69, 9.17) is 0 Å². The molecule has 31 heavy (non-hydrogen) atoms. The molecule has 2 N–H and O–H groups in total. The summed E-state index contributed by atoms with van der Waals surface area (Å²) in [7, 11) is 0. The molecule has 0 aromatic carbocycles. The first-order valence-electron chi connectivity index (χ1n) is 9.21. The third-order valence-corrected chi connectivity index (χ3v) is 4.89. The van der Waals surface area contributed by atoms with Crippen LogP contribution in [-0.2, 0) is 4.79 Å². The molecular formula is C18H18F6N6O. The van der Waals surface area contributed by atoms with Crippen molar-refractivity contribution in [2.75, 3.05) is 5.43 Å². The van der Waals surface area contributed by atoms with E-state index in [1.165, 1.54) is 12.4 Å². The van der Waals surface area contributed by atoms with Crippen molar-refractivity contribution in [1.82, 2.24) is 25.2 Å². The number of nitrogens with one attached hydrogen (secondary N) is 2. The van der Waals surface area contributed by atoms with Crippen molar-refractivity contribution in [2.24, 2.45) is 11.8 Å². The molecule has 1 aliphatic carbocycles. The van der Waals surface area contributed by atoms with Crippen molar-refractivity contribution in [1.29, 1.82) is 0 Å². The number of carbonyl (C=O) groups excluding carboxylic acids is 1. The lowest BCUT2D eigenvalue weighted by atomic mass is 9.74. The number of anilines is 1. The fourth-order valence-electron chi connectivity index (χ4n) is 3.37. The van der Waals surface area contributed by atoms with E-state index in [1.807, 2.05) is 0 Å². The molecule has 0 aliphatic heterocycles. The first-order valence-corrected chi connectivity index (χ1v) is 9.21. The number of hydrogen-bond acceptors (Lipinski definition) is 5. The van der Waals surface area contributed by atoms with Gasteiger partial charge in [0.05, 0.1) is 23.7 Å². The van der Waals surface area contributed by atoms with Crippen LogP contribution in [0.3, 0.4) is 0 Å². The molecule has 0 saturated heterocycles. The molecule has 7 nitrogen and oxygen atoms in total. The lowest BCUT2D eigenvalue weighted by molar-refractivity contribution is -0.224. The zero-order chi connectivity index (χ0) is 22.6. The average molecular weight is 448 g/mol. The Morgan fingerprint density at radius 2 is 1.77 bits per heavy atom. The average Bonchev–Trinajstić information content (AvgIpc) is 3.19. The third kappa shape index (κ3) is 6.18. The third-order valence-electron chi connectivity index (χ3n) is 4.89. The molecular weight excluding hydrogens is 430 g/mol. The van der Waals surface area contributed by atoms with E-state index in [9.17, 15) is 31.1 Å². The van der Waals surface area contributed by atoms with Gasteiger partial charge in [-0.25, -0.2) is 9.67 Å². The molecule has 1 fully saturated rings. The fraction of sp³-hybridized carbons (Fsp3) is 0.444. The van der Waals surface area contributed by atoms with Gasteiger partial charge in [-0.3, -0.25) is 20.6 Å². The minimum atomic E-state index is -4.73. The van der Waals surface area contributed by atoms with Crippen molar-refractivity contribution in [3.8, 4) is 0 Å². The van der Waals surface area contributed by atoms with E-state index < -0.39 is 55.3 Å². The summed E-state index contributed by atoms with van der Waals surface area (Å²) < 4.78 is 79.8. The number of hydrazine groups is 1. The Kier molecular flexibility index (Phi) is 6.51. The van der Waals surface area contributed by atoms with Crippen molar-refractivity contribution < 1.29 is 31.1 Å². The lowest BCUT2D eigenvalue weighted by Crippen LogP contribution is -2.38. The Balaban J connectivity index is 1.64. The molecule has 1 saturated carbocycles. The molecule has 0 bridgehead atoms. The highest BCUT2D eigenvalue weighted by Gasteiger charge is 2.52. The van der Waals surface area contributed by atoms with Gasteiger partial charge in [-0.15, -0.1) is 0 Å². The largest absolute Gasteiger partial charge is 0.391 e. The molecule has 1 aliphatic rings. The van der Waals surface area contributed by atoms with Gasteiger partial charge in [0.1, 0.15) is 6.33 Å². The van der Waals surface area contributed by atoms with Crippen LogP contribution in [0.4, 0.5) is 32.0 Å². The predicted molar refractivity (Wildman–Crippen MR) is 97.0 cm³/mol. The number of nitrogens with zero attached hydrogens (tertiary/aromatic N) is 4. The monoisotopic (exact) mass is 448 g/mol. The molecule has 2 unspecified atom stereocenters. The maximum atomic E-state index is 13.1. The number of alkyl halides is 6. The van der Waals surface area contributed by atoms with Crippen LogP contribution in [0.15, 0.2) is 36.9 Å². The van der Waals surface area contributed by atoms with Crippen molar-refractivity contribution in [3.63, 3.8) is 0 Å². The van der Waals surface area contributed by atoms with E-state index in [0.717, 1.165) is 17.1 Å². The quantitative estimate of drug-likeness (QED) is 0.412. The topological polar surface area (TPSA) is 84.7 Å². The molecule has 2 heterocycles. The van der Waals surface area contributed by atoms with Gasteiger partial charge in [0.15, 0.2) is 5.82 Å². The van der Waals surface area contributed by atoms with E-state index in [2.05, 4.69) is 25.9 Å². The van der Waals surface area contributed by atoms with E-state index in [1.54, 1.807) is 18.3 Å². The fourth-order valence-corrected chi connectivity index (χ4v) is 3.37. The van der Waals surface area contributed by atoms with Crippen molar-refractivity contribution in [2.45, 2.75) is 37.5 Å². The Hall–Kier alpha value is -3.12. The maximum Gasteiger partial charge on any atom is 0.391 e. The van der Waals surface area contributed by atoms with Gasteiger partial charge < -0.3 is 0 Å². The van der Waals surface area contributed by atoms with Gasteiger partial charge in [-0.1, -0.05) is 0 Å². The SMILES string of the molecule is O=C(/C=C\n1cnc(C2CC(C(F)(F)F)CC(C(F)(F)F)C2)n1)NNc1cccnc1. The summed E-state index contributed by atoms with van der Waals surface area (Å²) in [6.45, 7) is 0. The van der Waals surface area contributed by atoms with Crippen LogP contribution < -0.4 is 10.9 Å². The number of rotatable bonds is 5. The Morgan fingerprint density at radius 1 is 1.10 bits per heavy atom. The number of aromatic nitrogens is 4. The first-order chi connectivity index (χ1) is 14.5. The summed E-state index contributed by atoms with van der Waals surface area (Å²) in [5.74, 6) is -5.95. The van der Waals surface area contributed by atoms with Crippen LogP contribution in [0.2, 0.25) is 0 Å². The molecule has 0 spiro atoms. The second kappa shape index (κ2) is 8.94. The van der Waals surface area contributed by atoms with Crippen LogP contribution in [0.1, 0.15) is 31.0 Å². The van der Waals surface area contributed by atoms with Gasteiger partial charge in [0.2, 0.25) is 0 Å². The molecule has 168 valence electrons. The molecule has 1 amide bonds. The molecule has 2 aromatic rings. The highest BCUT2D eigenvalue weighted by atomic mass is 19.4. The highest BCUT2D eigenvalue weighted by molar-refractivity contribution is 5.90. The van der Waals surface area contributed by atoms with Crippen LogP contribution >= 0.6 is 0 Å². The molecule has 3 rings (SSSR count). The zero-order valence-electron chi connectivity index (χ0n) is 15.9. The molecule has 2 aromatic heterocycles. The smallest absolute Gasteiger partial charge is 0.297 e. The van der Waals surface area contributed by atoms with Gasteiger partial charge in [0.25, 0.3) is 5.91 Å². The highest BCUT2D eigenvalue weighted by Crippen LogP contribution is 2.49. The number of amides is 1. The minimum Gasteiger partial charge on any atom is -0.297 e. The summed E-state index contributed by atoms with van der Waals surface area (Å²) >= 11 is 0. The molecule has 2 atom stereocenters. The van der Waals surface area contributed by atoms with E-state index >= 15 is 0 Å². The summed E-state index contributed by atoms with van der Waals surface area (Å²) in [6.07, 6.45) is -5.09. The van der Waals surface area contributed by atoms with Crippen LogP contribution in [0, 0.1) is 11.8 Å². The first kappa shape index (κ1) is 22.6. The minimum absolute atomic E-state index is 0.123. The normalized spacial score (nSPS) is 22.5. The number of hydrogen-bond donors (Lipinski definition) is 2. The van der Waals surface area contributed by atoms with Gasteiger partial charge >= 0.3 is 12.4 Å². The second-order valence-electron chi connectivity index (χ2n) is 7.14. The number of carbonyl (C=O) groups is 1. The summed E-state index contributed by atoms with van der Waals surface area (Å²) in [5, 5.41) is 3.93. The van der Waals surface area contributed by atoms with Gasteiger partial charge in [-0.05, 0) is 31.4 Å². The van der Waals surface area contributed by atoms with Crippen molar-refractivity contribution in [3.05, 3.63) is 42.8 Å². The van der Waals surface area contributed by atoms with Crippen LogP contribution in [0.5, 0.6) is 0 Å². The number of pyridine rings is 1. The number of halogens is 6. The standard InChI is InChI=1S/C18H18F6N6O/c19-17(20,21)12-6-11(7-13(8-12)18(22,23)24)16-26-10-30(29-16)5-3-15(31)28-27-14-2-1-4-25-9-14/h1-5,9-13,27H,6-8H2,(H,28,31)/b5-3-. The summed E-state index contributed by atoms with van der Waals surface area (Å²) in [5.41, 5.74) is 5.49. The summed E-state index contributed by atoms with van der Waals surface area (Å²) in [4.78, 5) is 19.5. The maximum absolute atomic E-state index is 13.1. The van der Waals surface area contributed by atoms with Crippen molar-refractivity contribution >= 4 is 17.8 Å². The van der Waals surface area contributed by atoms with Gasteiger partial charge in [0, 0.05) is 24.4 Å². The Labute approximate surface area is 172 Å². The van der Waals surface area contributed by atoms with Crippen LogP contribution in [0.25, 0.3) is 6.20 Å². The van der Waals surface area contributed by atoms with Crippen LogP contribution in [-0.4, -0.2) is 38.0 Å². The summed E-state index contributed by atoms with van der Waals surface area (Å²) in [6, 6.07) is 3.31. The zero-order valence-corrected chi connectivity index (χ0v) is 15.9. The lowest BCUT2D eigenvalue weighted by Gasteiger charge is -2.35. The van der Waals surface area contributed by atoms with E-state index in [0.29, 0.717) is 5.69 Å². The molecule has 0 radical (unpaired) electrons. The predicted octanol–water partition coefficient (Wildman–Crippen LogP) is 3.91. The Bertz CT molecular complexity index is 888.